The van der Waals surface area contributed by atoms with Gasteiger partial charge in [-0.2, -0.15) is 10.2 Å². The number of halogens is 1. The Morgan fingerprint density at radius 2 is 2.07 bits per heavy atom. The minimum atomic E-state index is -1.29. The molecule has 1 aliphatic carbocycles. The second-order valence-electron chi connectivity index (χ2n) is 7.53. The third-order valence-electron chi connectivity index (χ3n) is 5.43. The van der Waals surface area contributed by atoms with Crippen molar-refractivity contribution in [3.05, 3.63) is 60.3 Å². The van der Waals surface area contributed by atoms with Gasteiger partial charge in [-0.25, -0.2) is 9.37 Å². The number of fused-ring (bicyclic) bond motifs is 2. The molecule has 1 aromatic carbocycles. The number of nitrogens with zero attached hydrogens (tertiary/aromatic N) is 3. The molecule has 5 rings (SSSR count). The molecule has 0 saturated carbocycles. The van der Waals surface area contributed by atoms with E-state index in [1.807, 2.05) is 42.5 Å². The van der Waals surface area contributed by atoms with Crippen LogP contribution in [-0.2, 0) is 0 Å². The zero-order valence-electron chi connectivity index (χ0n) is 15.4. The quantitative estimate of drug-likeness (QED) is 0.887. The van der Waals surface area contributed by atoms with Crippen LogP contribution in [0.15, 0.2) is 64.8 Å². The predicted molar refractivity (Wildman–Crippen MR) is 109 cm³/mol. The summed E-state index contributed by atoms with van der Waals surface area (Å²) in [5.41, 5.74) is 2.08. The third kappa shape index (κ3) is 3.24. The smallest absolute Gasteiger partial charge is 0.169 e. The summed E-state index contributed by atoms with van der Waals surface area (Å²) < 4.78 is 20.1. The van der Waals surface area contributed by atoms with Crippen molar-refractivity contribution < 1.29 is 9.13 Å². The number of ether oxygens (including phenoxy) is 1. The molecule has 0 bridgehead atoms. The molecule has 5 nitrogen and oxygen atoms in total. The molecular formula is C22H21FN4O. The molecular weight excluding hydrogens is 355 g/mol. The zero-order valence-corrected chi connectivity index (χ0v) is 15.4. The lowest BCUT2D eigenvalue weighted by atomic mass is 9.92. The van der Waals surface area contributed by atoms with Crippen molar-refractivity contribution in [2.45, 2.75) is 18.5 Å². The summed E-state index contributed by atoms with van der Waals surface area (Å²) >= 11 is 0. The summed E-state index contributed by atoms with van der Waals surface area (Å²) in [5.74, 6) is 0.908. The molecule has 1 saturated heterocycles. The first-order valence-electron chi connectivity index (χ1n) is 9.62. The minimum Gasteiger partial charge on any atom is -0.488 e. The highest BCUT2D eigenvalue weighted by Crippen LogP contribution is 2.28. The first-order chi connectivity index (χ1) is 13.7. The van der Waals surface area contributed by atoms with E-state index in [1.165, 1.54) is 0 Å². The van der Waals surface area contributed by atoms with Crippen LogP contribution in [0.4, 0.5) is 4.39 Å². The molecule has 0 amide bonds. The predicted octanol–water partition coefficient (Wildman–Crippen LogP) is 3.61. The van der Waals surface area contributed by atoms with E-state index < -0.39 is 5.67 Å². The van der Waals surface area contributed by atoms with Crippen molar-refractivity contribution in [3.8, 4) is 5.75 Å². The number of hydrogen-bond donors (Lipinski definition) is 1. The van der Waals surface area contributed by atoms with Crippen LogP contribution in [0.5, 0.6) is 5.75 Å². The van der Waals surface area contributed by atoms with Crippen molar-refractivity contribution in [3.63, 3.8) is 0 Å². The lowest BCUT2D eigenvalue weighted by Crippen LogP contribution is -2.59. The van der Waals surface area contributed by atoms with E-state index in [1.54, 1.807) is 0 Å². The normalized spacial score (nSPS) is 22.7. The molecule has 1 N–H and O–H groups in total. The van der Waals surface area contributed by atoms with Crippen LogP contribution in [-0.4, -0.2) is 41.8 Å². The van der Waals surface area contributed by atoms with Gasteiger partial charge in [0.15, 0.2) is 5.67 Å². The topological polar surface area (TPSA) is 58.9 Å². The summed E-state index contributed by atoms with van der Waals surface area (Å²) in [6.07, 6.45) is 9.98. The summed E-state index contributed by atoms with van der Waals surface area (Å²) in [7, 11) is 0. The van der Waals surface area contributed by atoms with Crippen LogP contribution in [0, 0.1) is 5.92 Å². The molecule has 1 aromatic heterocycles. The van der Waals surface area contributed by atoms with Gasteiger partial charge in [-0.3, -0.25) is 0 Å². The molecule has 3 aliphatic rings. The summed E-state index contributed by atoms with van der Waals surface area (Å²) in [5, 5.41) is 12.8. The lowest BCUT2D eigenvalue weighted by molar-refractivity contribution is 0.0352. The number of rotatable bonds is 4. The Morgan fingerprint density at radius 1 is 1.14 bits per heavy atom. The Morgan fingerprint density at radius 3 is 2.93 bits per heavy atom. The van der Waals surface area contributed by atoms with Gasteiger partial charge in [0, 0.05) is 24.4 Å². The van der Waals surface area contributed by atoms with E-state index in [-0.39, 0.29) is 6.61 Å². The monoisotopic (exact) mass is 376 g/mol. The van der Waals surface area contributed by atoms with Gasteiger partial charge in [0.1, 0.15) is 17.9 Å². The molecule has 3 heterocycles. The average molecular weight is 376 g/mol. The zero-order chi connectivity index (χ0) is 19.0. The minimum absolute atomic E-state index is 0.0277. The maximum Gasteiger partial charge on any atom is 0.169 e. The summed E-state index contributed by atoms with van der Waals surface area (Å²) in [4.78, 5) is 4.80. The van der Waals surface area contributed by atoms with Crippen LogP contribution in [0.1, 0.15) is 18.5 Å². The Kier molecular flexibility index (Phi) is 4.28. The van der Waals surface area contributed by atoms with Gasteiger partial charge < -0.3 is 10.1 Å². The van der Waals surface area contributed by atoms with E-state index in [0.29, 0.717) is 24.8 Å². The molecule has 2 aliphatic heterocycles. The van der Waals surface area contributed by atoms with Crippen molar-refractivity contribution in [2.24, 2.45) is 16.1 Å². The van der Waals surface area contributed by atoms with Crippen molar-refractivity contribution in [1.82, 2.24) is 10.3 Å². The molecule has 1 unspecified atom stereocenters. The Hall–Kier alpha value is -2.86. The van der Waals surface area contributed by atoms with Gasteiger partial charge >= 0.3 is 0 Å². The number of pyridine rings is 1. The van der Waals surface area contributed by atoms with Crippen molar-refractivity contribution in [1.29, 1.82) is 0 Å². The first-order valence-corrected chi connectivity index (χ1v) is 9.62. The van der Waals surface area contributed by atoms with Gasteiger partial charge in [0.2, 0.25) is 0 Å². The fraction of sp³-hybridized carbons (Fsp3) is 0.318. The van der Waals surface area contributed by atoms with Crippen LogP contribution in [0.25, 0.3) is 10.9 Å². The number of hydrogen-bond acceptors (Lipinski definition) is 5. The Balaban J connectivity index is 1.45. The van der Waals surface area contributed by atoms with Gasteiger partial charge in [0.05, 0.1) is 17.1 Å². The fourth-order valence-corrected chi connectivity index (χ4v) is 3.67. The van der Waals surface area contributed by atoms with E-state index in [0.717, 1.165) is 40.9 Å². The molecule has 1 fully saturated rings. The summed E-state index contributed by atoms with van der Waals surface area (Å²) in [6.45, 7) is 0.690. The van der Waals surface area contributed by atoms with E-state index in [2.05, 4.69) is 27.7 Å². The van der Waals surface area contributed by atoms with Gasteiger partial charge in [0.25, 0.3) is 0 Å². The number of nitrogens with one attached hydrogen (secondary N) is 1. The van der Waals surface area contributed by atoms with Gasteiger partial charge in [-0.1, -0.05) is 36.4 Å². The number of para-hydroxylation sites is 1. The highest BCUT2D eigenvalue weighted by Gasteiger charge is 2.38. The molecule has 142 valence electrons. The molecule has 28 heavy (non-hydrogen) atoms. The van der Waals surface area contributed by atoms with E-state index in [9.17, 15) is 4.39 Å². The molecule has 0 radical (unpaired) electrons. The number of aromatic nitrogens is 1. The largest absolute Gasteiger partial charge is 0.488 e. The van der Waals surface area contributed by atoms with Crippen LogP contribution >= 0.6 is 0 Å². The Labute approximate surface area is 162 Å². The van der Waals surface area contributed by atoms with Crippen molar-refractivity contribution >= 4 is 22.3 Å². The van der Waals surface area contributed by atoms with Gasteiger partial charge in [-0.05, 0) is 31.1 Å². The second-order valence-corrected chi connectivity index (χ2v) is 7.53. The molecule has 2 aromatic rings. The third-order valence-corrected chi connectivity index (χ3v) is 5.43. The molecule has 1 atom stereocenters. The second kappa shape index (κ2) is 6.95. The highest BCUT2D eigenvalue weighted by molar-refractivity contribution is 6.05. The maximum atomic E-state index is 14.3. The first kappa shape index (κ1) is 17.3. The average Bonchev–Trinajstić information content (AvgIpc) is 2.93. The highest BCUT2D eigenvalue weighted by atomic mass is 19.1. The number of alkyl halides is 1. The summed E-state index contributed by atoms with van der Waals surface area (Å²) in [6, 6.07) is 9.70. The van der Waals surface area contributed by atoms with E-state index >= 15 is 0 Å². The molecule has 0 spiro atoms. The standard InChI is InChI=1S/C22H21FN4O/c23-22(12-24-13-22)14-28-20-7-3-5-16-9-10-18(25-21(16)20)19-11-8-15-4-1-2-6-17(15)26-27-19/h1-7,9-10,15,24H,8,11-14H2. The van der Waals surface area contributed by atoms with Crippen molar-refractivity contribution in [2.75, 3.05) is 19.7 Å². The van der Waals surface area contributed by atoms with Crippen LogP contribution in [0.2, 0.25) is 0 Å². The van der Waals surface area contributed by atoms with Crippen LogP contribution < -0.4 is 10.1 Å². The number of allylic oxidation sites excluding steroid dienone is 4. The SMILES string of the molecule is FC1(COc2cccc3ccc(C4=NN=C5C=CC=CC5CC4)nc23)CNC1. The van der Waals surface area contributed by atoms with Gasteiger partial charge in [-0.15, -0.1) is 0 Å². The fourth-order valence-electron chi connectivity index (χ4n) is 3.67. The molecule has 6 heteroatoms. The maximum absolute atomic E-state index is 14.3. The van der Waals surface area contributed by atoms with E-state index in [4.69, 9.17) is 9.72 Å². The van der Waals surface area contributed by atoms with Crippen LogP contribution in [0.3, 0.4) is 0 Å². The lowest BCUT2D eigenvalue weighted by Gasteiger charge is -2.34. The Bertz CT molecular complexity index is 1040. The number of benzene rings is 1.